The van der Waals surface area contributed by atoms with Gasteiger partial charge in [-0.3, -0.25) is 0 Å². The maximum absolute atomic E-state index is 12.2. The van der Waals surface area contributed by atoms with Gasteiger partial charge in [0, 0.05) is 24.6 Å². The van der Waals surface area contributed by atoms with Crippen molar-refractivity contribution in [1.29, 1.82) is 0 Å². The summed E-state index contributed by atoms with van der Waals surface area (Å²) >= 11 is 1.62. The molecule has 2 aromatic rings. The molecule has 0 bridgehead atoms. The number of carbonyl (C=O) groups excluding carboxylic acids is 1. The number of aliphatic hydroxyl groups is 1. The molecule has 118 valence electrons. The average Bonchev–Trinajstić information content (AvgIpc) is 3.02. The number of nitrogens with zero attached hydrogens (tertiary/aromatic N) is 1. The standard InChI is InChI=1S/C16H20N2O3S/c1-18(10-12(19)11-21-2)16(20)17-14-7-4-3-6-13(14)15-8-5-9-22-15/h3-9,12,19H,10-11H2,1-2H3,(H,17,20). The molecular formula is C16H20N2O3S. The van der Waals surface area contributed by atoms with Crippen LogP contribution in [0.1, 0.15) is 0 Å². The van der Waals surface area contributed by atoms with Crippen molar-refractivity contribution in [2.45, 2.75) is 6.10 Å². The molecule has 1 atom stereocenters. The van der Waals surface area contributed by atoms with E-state index in [0.717, 1.165) is 16.1 Å². The largest absolute Gasteiger partial charge is 0.389 e. The fourth-order valence-electron chi connectivity index (χ4n) is 2.09. The van der Waals surface area contributed by atoms with E-state index in [-0.39, 0.29) is 19.2 Å². The van der Waals surface area contributed by atoms with Gasteiger partial charge in [0.15, 0.2) is 0 Å². The number of amides is 2. The van der Waals surface area contributed by atoms with Crippen LogP contribution in [0.3, 0.4) is 0 Å². The second kappa shape index (κ2) is 7.93. The van der Waals surface area contributed by atoms with Crippen LogP contribution in [0.2, 0.25) is 0 Å². The molecule has 0 aliphatic carbocycles. The first-order chi connectivity index (χ1) is 10.6. The van der Waals surface area contributed by atoms with E-state index < -0.39 is 6.10 Å². The predicted octanol–water partition coefficient (Wildman–Crippen LogP) is 2.89. The van der Waals surface area contributed by atoms with E-state index in [2.05, 4.69) is 5.32 Å². The van der Waals surface area contributed by atoms with Crippen molar-refractivity contribution in [3.63, 3.8) is 0 Å². The number of aliphatic hydroxyl groups excluding tert-OH is 1. The highest BCUT2D eigenvalue weighted by atomic mass is 32.1. The fraction of sp³-hybridized carbons (Fsp3) is 0.312. The molecule has 22 heavy (non-hydrogen) atoms. The monoisotopic (exact) mass is 320 g/mol. The molecule has 0 aliphatic heterocycles. The number of benzene rings is 1. The number of urea groups is 1. The highest BCUT2D eigenvalue weighted by Crippen LogP contribution is 2.31. The number of likely N-dealkylation sites (N-methyl/N-ethyl adjacent to an activating group) is 1. The molecule has 0 spiro atoms. The van der Waals surface area contributed by atoms with Crippen molar-refractivity contribution in [3.05, 3.63) is 41.8 Å². The predicted molar refractivity (Wildman–Crippen MR) is 89.3 cm³/mol. The van der Waals surface area contributed by atoms with Crippen LogP contribution in [0.4, 0.5) is 10.5 Å². The van der Waals surface area contributed by atoms with Gasteiger partial charge in [-0.25, -0.2) is 4.79 Å². The highest BCUT2D eigenvalue weighted by Gasteiger charge is 2.15. The molecule has 0 aliphatic rings. The van der Waals surface area contributed by atoms with Crippen LogP contribution >= 0.6 is 11.3 Å². The minimum atomic E-state index is -0.701. The third-order valence-electron chi connectivity index (χ3n) is 3.15. The Labute approximate surface area is 134 Å². The smallest absolute Gasteiger partial charge is 0.321 e. The summed E-state index contributed by atoms with van der Waals surface area (Å²) in [6.45, 7) is 0.407. The van der Waals surface area contributed by atoms with Gasteiger partial charge in [0.05, 0.1) is 24.9 Å². The first kappa shape index (κ1) is 16.5. The molecule has 0 radical (unpaired) electrons. The molecular weight excluding hydrogens is 300 g/mol. The Hall–Kier alpha value is -1.89. The van der Waals surface area contributed by atoms with Gasteiger partial charge in [0.25, 0.3) is 0 Å². The average molecular weight is 320 g/mol. The number of methoxy groups -OCH3 is 1. The second-order valence-corrected chi connectivity index (χ2v) is 5.89. The van der Waals surface area contributed by atoms with Gasteiger partial charge in [-0.1, -0.05) is 24.3 Å². The maximum Gasteiger partial charge on any atom is 0.321 e. The summed E-state index contributed by atoms with van der Waals surface area (Å²) < 4.78 is 4.86. The van der Waals surface area contributed by atoms with Gasteiger partial charge in [-0.15, -0.1) is 11.3 Å². The molecule has 1 aromatic carbocycles. The van der Waals surface area contributed by atoms with Crippen LogP contribution < -0.4 is 5.32 Å². The maximum atomic E-state index is 12.2. The Morgan fingerprint density at radius 1 is 1.36 bits per heavy atom. The van der Waals surface area contributed by atoms with Crippen molar-refractivity contribution >= 4 is 23.1 Å². The van der Waals surface area contributed by atoms with Crippen LogP contribution in [0.15, 0.2) is 41.8 Å². The van der Waals surface area contributed by atoms with Crippen LogP contribution in [0.25, 0.3) is 10.4 Å². The summed E-state index contributed by atoms with van der Waals surface area (Å²) in [5.41, 5.74) is 1.74. The lowest BCUT2D eigenvalue weighted by molar-refractivity contribution is 0.0501. The van der Waals surface area contributed by atoms with Crippen molar-refractivity contribution in [2.75, 3.05) is 32.6 Å². The van der Waals surface area contributed by atoms with Crippen molar-refractivity contribution in [1.82, 2.24) is 4.90 Å². The Morgan fingerprint density at radius 2 is 2.14 bits per heavy atom. The van der Waals surface area contributed by atoms with Gasteiger partial charge in [0.2, 0.25) is 0 Å². The number of anilines is 1. The normalized spacial score (nSPS) is 12.0. The van der Waals surface area contributed by atoms with Crippen LogP contribution in [0, 0.1) is 0 Å². The molecule has 2 amide bonds. The zero-order valence-corrected chi connectivity index (χ0v) is 13.5. The van der Waals surface area contributed by atoms with E-state index in [1.54, 1.807) is 18.4 Å². The van der Waals surface area contributed by atoms with Crippen LogP contribution in [-0.4, -0.2) is 49.5 Å². The quantitative estimate of drug-likeness (QED) is 0.860. The minimum Gasteiger partial charge on any atom is -0.389 e. The van der Waals surface area contributed by atoms with Crippen LogP contribution in [0.5, 0.6) is 0 Å². The molecule has 6 heteroatoms. The molecule has 2 N–H and O–H groups in total. The lowest BCUT2D eigenvalue weighted by atomic mass is 10.1. The summed E-state index contributed by atoms with van der Waals surface area (Å²) in [4.78, 5) is 14.8. The summed E-state index contributed by atoms with van der Waals surface area (Å²) in [6.07, 6.45) is -0.701. The molecule has 1 aromatic heterocycles. The van der Waals surface area contributed by atoms with E-state index in [0.29, 0.717) is 0 Å². The zero-order chi connectivity index (χ0) is 15.9. The minimum absolute atomic E-state index is 0.198. The van der Waals surface area contributed by atoms with E-state index >= 15 is 0 Å². The second-order valence-electron chi connectivity index (χ2n) is 4.94. The van der Waals surface area contributed by atoms with Gasteiger partial charge in [0.1, 0.15) is 0 Å². The number of hydrogen-bond acceptors (Lipinski definition) is 4. The molecule has 0 saturated heterocycles. The van der Waals surface area contributed by atoms with E-state index in [1.165, 1.54) is 12.0 Å². The number of thiophene rings is 1. The van der Waals surface area contributed by atoms with Gasteiger partial charge in [-0.2, -0.15) is 0 Å². The lowest BCUT2D eigenvalue weighted by Crippen LogP contribution is -2.38. The zero-order valence-electron chi connectivity index (χ0n) is 12.7. The topological polar surface area (TPSA) is 61.8 Å². The lowest BCUT2D eigenvalue weighted by Gasteiger charge is -2.21. The number of rotatable bonds is 6. The molecule has 0 saturated carbocycles. The van der Waals surface area contributed by atoms with E-state index in [9.17, 15) is 9.90 Å². The van der Waals surface area contributed by atoms with Gasteiger partial charge >= 0.3 is 6.03 Å². The number of carbonyl (C=O) groups is 1. The van der Waals surface area contributed by atoms with E-state index in [1.807, 2.05) is 41.8 Å². The summed E-state index contributed by atoms with van der Waals surface area (Å²) in [7, 11) is 3.16. The summed E-state index contributed by atoms with van der Waals surface area (Å²) in [5.74, 6) is 0. The van der Waals surface area contributed by atoms with Crippen molar-refractivity contribution < 1.29 is 14.6 Å². The number of para-hydroxylation sites is 1. The molecule has 2 rings (SSSR count). The van der Waals surface area contributed by atoms with Crippen LogP contribution in [-0.2, 0) is 4.74 Å². The van der Waals surface area contributed by atoms with Gasteiger partial charge in [-0.05, 0) is 17.5 Å². The Balaban J connectivity index is 2.06. The van der Waals surface area contributed by atoms with Crippen molar-refractivity contribution in [2.24, 2.45) is 0 Å². The molecule has 5 nitrogen and oxygen atoms in total. The summed E-state index contributed by atoms with van der Waals surface area (Å²) in [6, 6.07) is 11.4. The first-order valence-electron chi connectivity index (χ1n) is 6.94. The Bertz CT molecular complexity index is 601. The first-order valence-corrected chi connectivity index (χ1v) is 7.81. The third-order valence-corrected chi connectivity index (χ3v) is 4.05. The Morgan fingerprint density at radius 3 is 2.82 bits per heavy atom. The number of ether oxygens (including phenoxy) is 1. The molecule has 0 fully saturated rings. The third kappa shape index (κ3) is 4.30. The molecule has 1 heterocycles. The molecule has 1 unspecified atom stereocenters. The van der Waals surface area contributed by atoms with Gasteiger partial charge < -0.3 is 20.1 Å². The number of nitrogens with one attached hydrogen (secondary N) is 1. The van der Waals surface area contributed by atoms with Crippen molar-refractivity contribution in [3.8, 4) is 10.4 Å². The SMILES string of the molecule is COCC(O)CN(C)C(=O)Nc1ccccc1-c1cccs1. The highest BCUT2D eigenvalue weighted by molar-refractivity contribution is 7.13. The fourth-order valence-corrected chi connectivity index (χ4v) is 2.86. The summed E-state index contributed by atoms with van der Waals surface area (Å²) in [5, 5.41) is 14.6. The van der Waals surface area contributed by atoms with E-state index in [4.69, 9.17) is 4.74 Å². The number of hydrogen-bond donors (Lipinski definition) is 2. The Kier molecular flexibility index (Phi) is 5.94.